The molecule has 52 heavy (non-hydrogen) atoms. The second-order valence-corrected chi connectivity index (χ2v) is 18.4. The number of methoxy groups -OCH3 is 2. The molecular weight excluding hydrogens is 669 g/mol. The summed E-state index contributed by atoms with van der Waals surface area (Å²) in [5.74, 6) is 1.72. The highest BCUT2D eigenvalue weighted by atomic mass is 28.4. The van der Waals surface area contributed by atoms with Gasteiger partial charge in [-0.05, 0) is 91.2 Å². The third-order valence-electron chi connectivity index (χ3n) is 8.78. The molecule has 3 aromatic carbocycles. The summed E-state index contributed by atoms with van der Waals surface area (Å²) in [6.45, 7) is 16.9. The number of hydrogen-bond acceptors (Lipinski definition) is 7. The topological polar surface area (TPSA) is 75.6 Å². The van der Waals surface area contributed by atoms with Crippen LogP contribution in [0.25, 0.3) is 0 Å². The maximum absolute atomic E-state index is 9.05. The van der Waals surface area contributed by atoms with Crippen LogP contribution < -0.4 is 9.47 Å². The van der Waals surface area contributed by atoms with Crippen LogP contribution in [-0.4, -0.2) is 59.7 Å². The Morgan fingerprint density at radius 2 is 1.10 bits per heavy atom. The van der Waals surface area contributed by atoms with Crippen molar-refractivity contribution in [3.05, 3.63) is 95.6 Å². The number of benzene rings is 3. The van der Waals surface area contributed by atoms with E-state index in [-0.39, 0.29) is 47.5 Å². The Morgan fingerprint density at radius 3 is 1.54 bits per heavy atom. The van der Waals surface area contributed by atoms with Gasteiger partial charge in [-0.2, -0.15) is 0 Å². The molecule has 0 aliphatic heterocycles. The SMILES string of the molecule is C.C.C.C.CC[C@@H](CCCO[Si](C)(C)C(C)(C)C)OCc1ccc(OC)cc1.COc1ccc(CO[C@H](CCCO)COCc2ccccc2)cc1. The van der Waals surface area contributed by atoms with E-state index in [1.807, 2.05) is 66.7 Å². The zero-order chi connectivity index (χ0) is 35.3. The third kappa shape index (κ3) is 21.7. The van der Waals surface area contributed by atoms with E-state index in [9.17, 15) is 0 Å². The zero-order valence-electron chi connectivity index (χ0n) is 30.8. The summed E-state index contributed by atoms with van der Waals surface area (Å²) in [5, 5.41) is 9.33. The number of aliphatic hydroxyl groups excluding tert-OH is 1. The Balaban J connectivity index is -0.000000857. The Bertz CT molecular complexity index is 1210. The molecule has 1 N–H and O–H groups in total. The molecule has 0 saturated carbocycles. The molecule has 7 nitrogen and oxygen atoms in total. The lowest BCUT2D eigenvalue weighted by Gasteiger charge is -2.36. The van der Waals surface area contributed by atoms with Crippen molar-refractivity contribution in [2.45, 2.75) is 140 Å². The van der Waals surface area contributed by atoms with E-state index in [2.05, 4.69) is 52.9 Å². The molecular formula is C44H78O7Si. The smallest absolute Gasteiger partial charge is 0.191 e. The van der Waals surface area contributed by atoms with Gasteiger partial charge in [-0.1, -0.05) is 112 Å². The number of rotatable bonds is 21. The van der Waals surface area contributed by atoms with Crippen molar-refractivity contribution in [2.75, 3.05) is 34.0 Å². The van der Waals surface area contributed by atoms with Crippen LogP contribution in [0.3, 0.4) is 0 Å². The molecule has 3 rings (SSSR count). The summed E-state index contributed by atoms with van der Waals surface area (Å²) in [7, 11) is 1.72. The van der Waals surface area contributed by atoms with E-state index in [1.54, 1.807) is 14.2 Å². The van der Waals surface area contributed by atoms with Crippen molar-refractivity contribution in [1.29, 1.82) is 0 Å². The van der Waals surface area contributed by atoms with Gasteiger partial charge in [-0.25, -0.2) is 0 Å². The second-order valence-electron chi connectivity index (χ2n) is 13.6. The first kappa shape index (κ1) is 53.6. The molecule has 2 atom stereocenters. The van der Waals surface area contributed by atoms with Gasteiger partial charge in [0.2, 0.25) is 0 Å². The molecule has 0 spiro atoms. The fourth-order valence-corrected chi connectivity index (χ4v) is 5.64. The van der Waals surface area contributed by atoms with Gasteiger partial charge in [0.05, 0.1) is 52.9 Å². The van der Waals surface area contributed by atoms with E-state index in [4.69, 9.17) is 33.2 Å². The van der Waals surface area contributed by atoms with Crippen LogP contribution in [0.5, 0.6) is 11.5 Å². The lowest BCUT2D eigenvalue weighted by Crippen LogP contribution is -2.41. The molecule has 0 saturated heterocycles. The first-order chi connectivity index (χ1) is 23.0. The van der Waals surface area contributed by atoms with Crippen molar-refractivity contribution in [3.8, 4) is 11.5 Å². The molecule has 300 valence electrons. The minimum atomic E-state index is -1.62. The van der Waals surface area contributed by atoms with Gasteiger partial charge in [0.15, 0.2) is 8.32 Å². The van der Waals surface area contributed by atoms with Crippen LogP contribution in [-0.2, 0) is 38.5 Å². The maximum Gasteiger partial charge on any atom is 0.191 e. The van der Waals surface area contributed by atoms with Crippen LogP contribution in [0, 0.1) is 0 Å². The van der Waals surface area contributed by atoms with E-state index >= 15 is 0 Å². The van der Waals surface area contributed by atoms with Crippen LogP contribution >= 0.6 is 0 Å². The van der Waals surface area contributed by atoms with Crippen LogP contribution in [0.2, 0.25) is 18.1 Å². The van der Waals surface area contributed by atoms with Gasteiger partial charge < -0.3 is 33.2 Å². The molecule has 0 aromatic heterocycles. The van der Waals surface area contributed by atoms with Gasteiger partial charge in [0.1, 0.15) is 11.5 Å². The van der Waals surface area contributed by atoms with Gasteiger partial charge in [0, 0.05) is 13.2 Å². The minimum Gasteiger partial charge on any atom is -0.497 e. The molecule has 0 radical (unpaired) electrons. The largest absolute Gasteiger partial charge is 0.497 e. The van der Waals surface area contributed by atoms with Crippen molar-refractivity contribution in [2.24, 2.45) is 0 Å². The maximum atomic E-state index is 9.05. The van der Waals surface area contributed by atoms with Crippen molar-refractivity contribution in [3.63, 3.8) is 0 Å². The molecule has 0 fully saturated rings. The first-order valence-electron chi connectivity index (χ1n) is 17.4. The number of ether oxygens (including phenoxy) is 5. The average Bonchev–Trinajstić information content (AvgIpc) is 3.09. The van der Waals surface area contributed by atoms with E-state index in [0.29, 0.717) is 39.0 Å². The number of aliphatic hydroxyl groups is 1. The highest BCUT2D eigenvalue weighted by Gasteiger charge is 2.36. The van der Waals surface area contributed by atoms with E-state index in [1.165, 1.54) is 5.56 Å². The molecule has 0 bridgehead atoms. The fraction of sp³-hybridized carbons (Fsp3) is 0.591. The lowest BCUT2D eigenvalue weighted by atomic mass is 10.1. The Morgan fingerprint density at radius 1 is 0.635 bits per heavy atom. The summed E-state index contributed by atoms with van der Waals surface area (Å²) < 4.78 is 34.4. The van der Waals surface area contributed by atoms with Crippen molar-refractivity contribution < 1.29 is 33.2 Å². The standard InChI is InChI=1S/C20H26O4.C20H36O3Si.4CH4/c1-22-19-11-9-18(10-12-19)15-24-20(8-5-13-21)16-23-14-17-6-3-2-4-7-17;1-8-18(10-9-15-23-24(6,7)20(2,3)4)22-16-17-11-13-19(21-5)14-12-17;;;;/h2-4,6-7,9-12,20-21H,5,8,13-16H2,1H3;11-14,18H,8-10,15-16H2,1-7H3;4*1H4/t20-;18-;;;;/m10..../s1. The molecule has 0 heterocycles. The number of hydrogen-bond donors (Lipinski definition) is 1. The van der Waals surface area contributed by atoms with E-state index in [0.717, 1.165) is 54.9 Å². The molecule has 8 heteroatoms. The average molecular weight is 747 g/mol. The third-order valence-corrected chi connectivity index (χ3v) is 13.3. The summed E-state index contributed by atoms with van der Waals surface area (Å²) in [6.07, 6.45) is 4.92. The lowest BCUT2D eigenvalue weighted by molar-refractivity contribution is -0.0355. The molecule has 3 aromatic rings. The Kier molecular flexibility index (Phi) is 30.6. The monoisotopic (exact) mass is 747 g/mol. The highest BCUT2D eigenvalue weighted by molar-refractivity contribution is 6.74. The van der Waals surface area contributed by atoms with Gasteiger partial charge in [-0.15, -0.1) is 0 Å². The minimum absolute atomic E-state index is 0. The first-order valence-corrected chi connectivity index (χ1v) is 20.3. The highest BCUT2D eigenvalue weighted by Crippen LogP contribution is 2.36. The predicted octanol–water partition coefficient (Wildman–Crippen LogP) is 11.9. The summed E-state index contributed by atoms with van der Waals surface area (Å²) >= 11 is 0. The van der Waals surface area contributed by atoms with Gasteiger partial charge >= 0.3 is 0 Å². The summed E-state index contributed by atoms with van der Waals surface area (Å²) in [4.78, 5) is 0. The predicted molar refractivity (Wildman–Crippen MR) is 225 cm³/mol. The summed E-state index contributed by atoms with van der Waals surface area (Å²) in [6, 6.07) is 26.0. The van der Waals surface area contributed by atoms with Crippen LogP contribution in [0.1, 0.15) is 106 Å². The second kappa shape index (κ2) is 29.7. The van der Waals surface area contributed by atoms with E-state index < -0.39 is 8.32 Å². The van der Waals surface area contributed by atoms with Crippen LogP contribution in [0.4, 0.5) is 0 Å². The quantitative estimate of drug-likeness (QED) is 0.0859. The van der Waals surface area contributed by atoms with Crippen LogP contribution in [0.15, 0.2) is 78.9 Å². The van der Waals surface area contributed by atoms with Crippen molar-refractivity contribution in [1.82, 2.24) is 0 Å². The van der Waals surface area contributed by atoms with Gasteiger partial charge in [0.25, 0.3) is 0 Å². The molecule has 0 amide bonds. The van der Waals surface area contributed by atoms with Crippen molar-refractivity contribution >= 4 is 8.32 Å². The normalized spacial score (nSPS) is 11.9. The fourth-order valence-electron chi connectivity index (χ4n) is 4.55. The summed E-state index contributed by atoms with van der Waals surface area (Å²) in [5.41, 5.74) is 3.42. The molecule has 0 unspecified atom stereocenters. The molecule has 0 aliphatic rings. The zero-order valence-corrected chi connectivity index (χ0v) is 31.8. The Hall–Kier alpha value is -2.72. The van der Waals surface area contributed by atoms with Gasteiger partial charge in [-0.3, -0.25) is 0 Å². The Labute approximate surface area is 321 Å². The molecule has 0 aliphatic carbocycles.